The molecular weight excluding hydrogens is 344 g/mol. The molecule has 1 rings (SSSR count). The summed E-state index contributed by atoms with van der Waals surface area (Å²) in [7, 11) is -1.89. The molecule has 148 valence electrons. The van der Waals surface area contributed by atoms with Gasteiger partial charge in [0.25, 0.3) is 0 Å². The van der Waals surface area contributed by atoms with E-state index in [1.807, 2.05) is 37.3 Å². The Bertz CT molecular complexity index is 551. The van der Waals surface area contributed by atoms with Gasteiger partial charge in [-0.3, -0.25) is 0 Å². The van der Waals surface area contributed by atoms with E-state index in [4.69, 9.17) is 9.16 Å². The van der Waals surface area contributed by atoms with Gasteiger partial charge in [0.2, 0.25) is 0 Å². The van der Waals surface area contributed by atoms with E-state index in [1.165, 1.54) is 0 Å². The van der Waals surface area contributed by atoms with E-state index in [1.54, 1.807) is 12.2 Å². The van der Waals surface area contributed by atoms with Crippen LogP contribution in [0.2, 0.25) is 18.1 Å². The second-order valence-electron chi connectivity index (χ2n) is 8.33. The van der Waals surface area contributed by atoms with E-state index in [0.29, 0.717) is 19.6 Å². The Morgan fingerprint density at radius 3 is 2.27 bits per heavy atom. The van der Waals surface area contributed by atoms with Crippen LogP contribution in [0.5, 0.6) is 0 Å². The SMILES string of the molecule is C/C=C/[C@@H](O)[C@](CO)(CCO[Si](C)(C)C(C)(C)C)OCc1ccccc1. The Kier molecular flexibility index (Phi) is 8.70. The van der Waals surface area contributed by atoms with Crippen LogP contribution in [0, 0.1) is 0 Å². The number of aliphatic hydroxyl groups excluding tert-OH is 2. The summed E-state index contributed by atoms with van der Waals surface area (Å²) in [4.78, 5) is 0. The van der Waals surface area contributed by atoms with E-state index in [9.17, 15) is 10.2 Å². The van der Waals surface area contributed by atoms with Crippen LogP contribution in [0.25, 0.3) is 0 Å². The predicted molar refractivity (Wildman–Crippen MR) is 110 cm³/mol. The summed E-state index contributed by atoms with van der Waals surface area (Å²) in [6, 6.07) is 9.78. The molecule has 0 saturated heterocycles. The standard InChI is InChI=1S/C21H36O4Si/c1-7-11-19(23)21(17-22,24-16-18-12-9-8-10-13-18)14-15-25-26(5,6)20(2,3)4/h7-13,19,22-23H,14-17H2,1-6H3/b11-7+/t19-,21-/m1/s1. The monoisotopic (exact) mass is 380 g/mol. The minimum absolute atomic E-state index is 0.113. The van der Waals surface area contributed by atoms with Crippen molar-refractivity contribution in [2.24, 2.45) is 0 Å². The molecule has 0 saturated carbocycles. The summed E-state index contributed by atoms with van der Waals surface area (Å²) in [5, 5.41) is 20.8. The van der Waals surface area contributed by atoms with Gasteiger partial charge in [-0.15, -0.1) is 0 Å². The largest absolute Gasteiger partial charge is 0.417 e. The lowest BCUT2D eigenvalue weighted by atomic mass is 9.93. The molecular formula is C21H36O4Si. The number of ether oxygens (including phenoxy) is 1. The van der Waals surface area contributed by atoms with Crippen molar-refractivity contribution in [3.8, 4) is 0 Å². The van der Waals surface area contributed by atoms with Crippen LogP contribution >= 0.6 is 0 Å². The van der Waals surface area contributed by atoms with Crippen LogP contribution in [0.3, 0.4) is 0 Å². The Labute approximate surface area is 160 Å². The fraction of sp³-hybridized carbons (Fsp3) is 0.619. The summed E-state index contributed by atoms with van der Waals surface area (Å²) in [6.45, 7) is 13.3. The molecule has 26 heavy (non-hydrogen) atoms. The highest BCUT2D eigenvalue weighted by atomic mass is 28.4. The van der Waals surface area contributed by atoms with E-state index in [2.05, 4.69) is 33.9 Å². The van der Waals surface area contributed by atoms with Crippen molar-refractivity contribution in [3.63, 3.8) is 0 Å². The second-order valence-corrected chi connectivity index (χ2v) is 13.1. The first kappa shape index (κ1) is 23.1. The van der Waals surface area contributed by atoms with Crippen molar-refractivity contribution >= 4 is 8.32 Å². The molecule has 0 aliphatic carbocycles. The van der Waals surface area contributed by atoms with Gasteiger partial charge in [0.15, 0.2) is 8.32 Å². The fourth-order valence-corrected chi connectivity index (χ4v) is 3.42. The summed E-state index contributed by atoms with van der Waals surface area (Å²) in [5.41, 5.74) is -0.0756. The molecule has 0 radical (unpaired) electrons. The zero-order chi connectivity index (χ0) is 19.8. The number of allylic oxidation sites excluding steroid dienone is 1. The molecule has 0 unspecified atom stereocenters. The van der Waals surface area contributed by atoms with E-state index >= 15 is 0 Å². The number of hydrogen-bond donors (Lipinski definition) is 2. The van der Waals surface area contributed by atoms with Crippen LogP contribution in [-0.2, 0) is 15.8 Å². The van der Waals surface area contributed by atoms with Gasteiger partial charge in [0.05, 0.1) is 13.2 Å². The van der Waals surface area contributed by atoms with Crippen LogP contribution in [0.4, 0.5) is 0 Å². The number of benzene rings is 1. The van der Waals surface area contributed by atoms with Gasteiger partial charge in [-0.2, -0.15) is 0 Å². The molecule has 1 aromatic carbocycles. The third-order valence-corrected chi connectivity index (χ3v) is 9.88. The minimum Gasteiger partial charge on any atom is -0.417 e. The molecule has 2 N–H and O–H groups in total. The van der Waals surface area contributed by atoms with E-state index in [-0.39, 0.29) is 11.6 Å². The van der Waals surface area contributed by atoms with Crippen LogP contribution in [0.1, 0.15) is 39.7 Å². The van der Waals surface area contributed by atoms with Crippen molar-refractivity contribution in [2.45, 2.75) is 70.6 Å². The highest BCUT2D eigenvalue weighted by molar-refractivity contribution is 6.74. The van der Waals surface area contributed by atoms with Gasteiger partial charge in [-0.25, -0.2) is 0 Å². The lowest BCUT2D eigenvalue weighted by Gasteiger charge is -2.39. The first-order valence-electron chi connectivity index (χ1n) is 9.31. The normalized spacial score (nSPS) is 16.6. The molecule has 0 fully saturated rings. The first-order valence-corrected chi connectivity index (χ1v) is 12.2. The van der Waals surface area contributed by atoms with Crippen LogP contribution in [0.15, 0.2) is 42.5 Å². The summed E-state index contributed by atoms with van der Waals surface area (Å²) < 4.78 is 12.3. The quantitative estimate of drug-likeness (QED) is 0.470. The molecule has 0 heterocycles. The van der Waals surface area contributed by atoms with Crippen LogP contribution < -0.4 is 0 Å². The van der Waals surface area contributed by atoms with Gasteiger partial charge in [-0.1, -0.05) is 63.3 Å². The average Bonchev–Trinajstić information content (AvgIpc) is 2.58. The van der Waals surface area contributed by atoms with E-state index < -0.39 is 20.0 Å². The number of aliphatic hydroxyl groups is 2. The molecule has 0 aromatic heterocycles. The summed E-state index contributed by atoms with van der Waals surface area (Å²) >= 11 is 0. The third-order valence-electron chi connectivity index (χ3n) is 5.34. The minimum atomic E-state index is -1.89. The van der Waals surface area contributed by atoms with Gasteiger partial charge in [0.1, 0.15) is 11.7 Å². The maximum atomic E-state index is 10.6. The molecule has 0 spiro atoms. The smallest absolute Gasteiger partial charge is 0.191 e. The molecule has 4 nitrogen and oxygen atoms in total. The molecule has 0 aliphatic heterocycles. The predicted octanol–water partition coefficient (Wildman–Crippen LogP) is 4.28. The van der Waals surface area contributed by atoms with Gasteiger partial charge >= 0.3 is 0 Å². The Morgan fingerprint density at radius 2 is 1.77 bits per heavy atom. The van der Waals surface area contributed by atoms with Crippen molar-refractivity contribution < 1.29 is 19.4 Å². The Balaban J connectivity index is 2.86. The first-order chi connectivity index (χ1) is 12.1. The van der Waals surface area contributed by atoms with Crippen molar-refractivity contribution in [3.05, 3.63) is 48.0 Å². The lowest BCUT2D eigenvalue weighted by Crippen LogP contribution is -2.49. The highest BCUT2D eigenvalue weighted by Crippen LogP contribution is 2.37. The van der Waals surface area contributed by atoms with Gasteiger partial charge < -0.3 is 19.4 Å². The molecule has 2 atom stereocenters. The zero-order valence-corrected chi connectivity index (χ0v) is 18.2. The Hall–Kier alpha value is -0.983. The average molecular weight is 381 g/mol. The van der Waals surface area contributed by atoms with Crippen molar-refractivity contribution in [2.75, 3.05) is 13.2 Å². The third kappa shape index (κ3) is 6.32. The second kappa shape index (κ2) is 9.81. The zero-order valence-electron chi connectivity index (χ0n) is 17.2. The molecule has 0 bridgehead atoms. The summed E-state index contributed by atoms with van der Waals surface area (Å²) in [6.07, 6.45) is 2.96. The maximum absolute atomic E-state index is 10.6. The molecule has 5 heteroatoms. The molecule has 1 aromatic rings. The topological polar surface area (TPSA) is 58.9 Å². The van der Waals surface area contributed by atoms with E-state index in [0.717, 1.165) is 5.56 Å². The summed E-state index contributed by atoms with van der Waals surface area (Å²) in [5.74, 6) is 0. The van der Waals surface area contributed by atoms with Gasteiger partial charge in [-0.05, 0) is 30.6 Å². The van der Waals surface area contributed by atoms with Gasteiger partial charge in [0, 0.05) is 13.0 Å². The highest BCUT2D eigenvalue weighted by Gasteiger charge is 2.40. The lowest BCUT2D eigenvalue weighted by molar-refractivity contribution is -0.149. The van der Waals surface area contributed by atoms with Crippen molar-refractivity contribution in [1.29, 1.82) is 0 Å². The van der Waals surface area contributed by atoms with Crippen molar-refractivity contribution in [1.82, 2.24) is 0 Å². The molecule has 0 aliphatic rings. The fourth-order valence-electron chi connectivity index (χ4n) is 2.38. The molecule has 0 amide bonds. The Morgan fingerprint density at radius 1 is 1.15 bits per heavy atom. The maximum Gasteiger partial charge on any atom is 0.191 e. The number of hydrogen-bond acceptors (Lipinski definition) is 4. The van der Waals surface area contributed by atoms with Crippen LogP contribution in [-0.4, -0.2) is 43.4 Å². The number of rotatable bonds is 10.